The topological polar surface area (TPSA) is 55.9 Å². The quantitative estimate of drug-likeness (QED) is 0.705. The molecule has 0 saturated carbocycles. The third-order valence-electron chi connectivity index (χ3n) is 3.05. The number of likely N-dealkylation sites (N-methyl/N-ethyl adjacent to an activating group) is 1. The van der Waals surface area contributed by atoms with Gasteiger partial charge in [0, 0.05) is 40.3 Å². The van der Waals surface area contributed by atoms with Crippen LogP contribution in [0.25, 0.3) is 0 Å². The fourth-order valence-corrected chi connectivity index (χ4v) is 1.80. The summed E-state index contributed by atoms with van der Waals surface area (Å²) in [5.74, 6) is 0.101. The van der Waals surface area contributed by atoms with Gasteiger partial charge >= 0.3 is 6.03 Å². The van der Waals surface area contributed by atoms with E-state index in [0.717, 1.165) is 0 Å². The first-order chi connectivity index (χ1) is 7.97. The standard InChI is InChI=1S/C11H22N4O2/c1-9(12-2)10(16)14-5-7-15(8-6-14)11(17)13(3)4/h9,12H,5-8H2,1-4H3. The summed E-state index contributed by atoms with van der Waals surface area (Å²) in [6.45, 7) is 4.30. The summed E-state index contributed by atoms with van der Waals surface area (Å²) in [5.41, 5.74) is 0. The number of hydrogen-bond donors (Lipinski definition) is 1. The van der Waals surface area contributed by atoms with Crippen molar-refractivity contribution in [2.45, 2.75) is 13.0 Å². The summed E-state index contributed by atoms with van der Waals surface area (Å²) in [6.07, 6.45) is 0. The van der Waals surface area contributed by atoms with Gasteiger partial charge in [-0.25, -0.2) is 4.79 Å². The highest BCUT2D eigenvalue weighted by atomic mass is 16.2. The van der Waals surface area contributed by atoms with E-state index in [-0.39, 0.29) is 18.0 Å². The predicted octanol–water partition coefficient (Wildman–Crippen LogP) is -0.580. The third kappa shape index (κ3) is 3.33. The molecule has 1 N–H and O–H groups in total. The number of nitrogens with zero attached hydrogens (tertiary/aromatic N) is 3. The summed E-state index contributed by atoms with van der Waals surface area (Å²) in [5, 5.41) is 2.93. The Hall–Kier alpha value is -1.30. The molecule has 3 amide bonds. The Morgan fingerprint density at radius 1 is 1.12 bits per heavy atom. The van der Waals surface area contributed by atoms with Crippen LogP contribution in [0.5, 0.6) is 0 Å². The van der Waals surface area contributed by atoms with Gasteiger partial charge in [0.25, 0.3) is 0 Å². The molecule has 98 valence electrons. The SMILES string of the molecule is CNC(C)C(=O)N1CCN(C(=O)N(C)C)CC1. The van der Waals surface area contributed by atoms with E-state index in [2.05, 4.69) is 5.32 Å². The van der Waals surface area contributed by atoms with Crippen molar-refractivity contribution in [3.63, 3.8) is 0 Å². The number of piperazine rings is 1. The first-order valence-corrected chi connectivity index (χ1v) is 5.89. The second kappa shape index (κ2) is 5.86. The van der Waals surface area contributed by atoms with Crippen molar-refractivity contribution in [3.05, 3.63) is 0 Å². The Kier molecular flexibility index (Phi) is 4.74. The van der Waals surface area contributed by atoms with Gasteiger partial charge in [-0.1, -0.05) is 0 Å². The monoisotopic (exact) mass is 242 g/mol. The summed E-state index contributed by atoms with van der Waals surface area (Å²) in [4.78, 5) is 28.7. The minimum atomic E-state index is -0.161. The number of amides is 3. The molecule has 0 aromatic carbocycles. The van der Waals surface area contributed by atoms with E-state index >= 15 is 0 Å². The van der Waals surface area contributed by atoms with Crippen molar-refractivity contribution in [1.29, 1.82) is 0 Å². The van der Waals surface area contributed by atoms with E-state index in [0.29, 0.717) is 26.2 Å². The Labute approximate surface area is 103 Å². The molecule has 0 aromatic rings. The minimum absolute atomic E-state index is 0.0127. The molecule has 0 spiro atoms. The molecule has 17 heavy (non-hydrogen) atoms. The summed E-state index contributed by atoms with van der Waals surface area (Å²) in [7, 11) is 5.25. The molecule has 0 aliphatic carbocycles. The Balaban J connectivity index is 2.46. The van der Waals surface area contributed by atoms with Crippen LogP contribution in [0.3, 0.4) is 0 Å². The lowest BCUT2D eigenvalue weighted by Gasteiger charge is -2.36. The maximum Gasteiger partial charge on any atom is 0.319 e. The molecule has 1 fully saturated rings. The molecule has 1 saturated heterocycles. The highest BCUT2D eigenvalue weighted by Gasteiger charge is 2.26. The summed E-state index contributed by atoms with van der Waals surface area (Å²) < 4.78 is 0. The maximum absolute atomic E-state index is 11.9. The molecular formula is C11H22N4O2. The van der Waals surface area contributed by atoms with Gasteiger partial charge in [0.05, 0.1) is 6.04 Å². The fraction of sp³-hybridized carbons (Fsp3) is 0.818. The average molecular weight is 242 g/mol. The zero-order valence-electron chi connectivity index (χ0n) is 11.1. The maximum atomic E-state index is 11.9. The molecule has 0 bridgehead atoms. The number of carbonyl (C=O) groups excluding carboxylic acids is 2. The van der Waals surface area contributed by atoms with E-state index in [1.54, 1.807) is 35.8 Å². The zero-order chi connectivity index (χ0) is 13.0. The molecule has 1 unspecified atom stereocenters. The molecule has 1 aliphatic heterocycles. The second-order valence-electron chi connectivity index (χ2n) is 4.50. The molecule has 1 atom stereocenters. The van der Waals surface area contributed by atoms with Gasteiger partial charge in [0.2, 0.25) is 5.91 Å². The molecule has 6 heteroatoms. The van der Waals surface area contributed by atoms with Crippen LogP contribution in [0.4, 0.5) is 4.79 Å². The highest BCUT2D eigenvalue weighted by molar-refractivity contribution is 5.82. The van der Waals surface area contributed by atoms with Crippen LogP contribution in [0.2, 0.25) is 0 Å². The molecule has 1 rings (SSSR count). The van der Waals surface area contributed by atoms with Crippen molar-refractivity contribution in [2.24, 2.45) is 0 Å². The van der Waals surface area contributed by atoms with Crippen molar-refractivity contribution >= 4 is 11.9 Å². The normalized spacial score (nSPS) is 17.9. The van der Waals surface area contributed by atoms with E-state index in [4.69, 9.17) is 0 Å². The Morgan fingerprint density at radius 3 is 2.00 bits per heavy atom. The van der Waals surface area contributed by atoms with Gasteiger partial charge in [-0.05, 0) is 14.0 Å². The van der Waals surface area contributed by atoms with E-state index in [9.17, 15) is 9.59 Å². The van der Waals surface area contributed by atoms with Crippen molar-refractivity contribution in [1.82, 2.24) is 20.0 Å². The number of urea groups is 1. The van der Waals surface area contributed by atoms with E-state index in [1.165, 1.54) is 0 Å². The summed E-state index contributed by atoms with van der Waals surface area (Å²) >= 11 is 0. The molecule has 6 nitrogen and oxygen atoms in total. The van der Waals surface area contributed by atoms with Crippen LogP contribution >= 0.6 is 0 Å². The van der Waals surface area contributed by atoms with Crippen LogP contribution in [0, 0.1) is 0 Å². The van der Waals surface area contributed by atoms with Crippen LogP contribution < -0.4 is 5.32 Å². The fourth-order valence-electron chi connectivity index (χ4n) is 1.80. The van der Waals surface area contributed by atoms with Gasteiger partial charge in [0.15, 0.2) is 0 Å². The van der Waals surface area contributed by atoms with Gasteiger partial charge < -0.3 is 20.0 Å². The average Bonchev–Trinajstić information content (AvgIpc) is 2.36. The number of carbonyl (C=O) groups is 2. The number of nitrogens with one attached hydrogen (secondary N) is 1. The lowest BCUT2D eigenvalue weighted by Crippen LogP contribution is -2.55. The smallest absolute Gasteiger partial charge is 0.319 e. The zero-order valence-corrected chi connectivity index (χ0v) is 11.1. The Morgan fingerprint density at radius 2 is 1.59 bits per heavy atom. The molecule has 0 aromatic heterocycles. The molecule has 0 radical (unpaired) electrons. The lowest BCUT2D eigenvalue weighted by molar-refractivity contribution is -0.134. The van der Waals surface area contributed by atoms with Gasteiger partial charge in [-0.15, -0.1) is 0 Å². The first kappa shape index (κ1) is 13.8. The third-order valence-corrected chi connectivity index (χ3v) is 3.05. The minimum Gasteiger partial charge on any atom is -0.338 e. The van der Waals surface area contributed by atoms with Crippen LogP contribution in [-0.2, 0) is 4.79 Å². The van der Waals surface area contributed by atoms with Crippen LogP contribution in [0.15, 0.2) is 0 Å². The number of rotatable bonds is 2. The molecular weight excluding hydrogens is 220 g/mol. The van der Waals surface area contributed by atoms with Crippen molar-refractivity contribution in [2.75, 3.05) is 47.3 Å². The summed E-state index contributed by atoms with van der Waals surface area (Å²) in [6, 6.07) is -0.148. The van der Waals surface area contributed by atoms with Gasteiger partial charge in [-0.2, -0.15) is 0 Å². The van der Waals surface area contributed by atoms with Crippen LogP contribution in [0.1, 0.15) is 6.92 Å². The van der Waals surface area contributed by atoms with Gasteiger partial charge in [-0.3, -0.25) is 4.79 Å². The van der Waals surface area contributed by atoms with Crippen molar-refractivity contribution < 1.29 is 9.59 Å². The number of hydrogen-bond acceptors (Lipinski definition) is 3. The first-order valence-electron chi connectivity index (χ1n) is 5.89. The van der Waals surface area contributed by atoms with E-state index in [1.807, 2.05) is 6.92 Å². The highest BCUT2D eigenvalue weighted by Crippen LogP contribution is 2.05. The molecule has 1 heterocycles. The second-order valence-corrected chi connectivity index (χ2v) is 4.50. The predicted molar refractivity (Wildman–Crippen MR) is 65.8 cm³/mol. The molecule has 1 aliphatic rings. The van der Waals surface area contributed by atoms with Gasteiger partial charge in [0.1, 0.15) is 0 Å². The Bertz CT molecular complexity index is 285. The van der Waals surface area contributed by atoms with Crippen LogP contribution in [-0.4, -0.2) is 80.0 Å². The van der Waals surface area contributed by atoms with Crippen molar-refractivity contribution in [3.8, 4) is 0 Å². The lowest BCUT2D eigenvalue weighted by atomic mass is 10.2. The largest absolute Gasteiger partial charge is 0.338 e. The van der Waals surface area contributed by atoms with E-state index < -0.39 is 0 Å².